The lowest BCUT2D eigenvalue weighted by Gasteiger charge is -2.12. The molecule has 1 N–H and O–H groups in total. The van der Waals surface area contributed by atoms with Crippen molar-refractivity contribution in [2.45, 2.75) is 13.5 Å². The molecule has 28 heavy (non-hydrogen) atoms. The predicted molar refractivity (Wildman–Crippen MR) is 96.1 cm³/mol. The summed E-state index contributed by atoms with van der Waals surface area (Å²) in [5.41, 5.74) is 0.316. The van der Waals surface area contributed by atoms with Crippen molar-refractivity contribution < 1.29 is 18.3 Å². The number of benzene rings is 1. The summed E-state index contributed by atoms with van der Waals surface area (Å²) in [6.07, 6.45) is 1.43. The molecule has 0 aliphatic rings. The molecule has 2 aromatic heterocycles. The first-order valence-electron chi connectivity index (χ1n) is 8.25. The standard InChI is InChI=1S/C19H16F2N4O3/c1-11-5-7-14(17(21)16(11)20)28-19-12(4-3-9-22-19)10-23-18(27)13-6-8-15(26)25(2)24-13/h3-9H,10H2,1-2H3,(H,23,27). The molecular formula is C19H16F2N4O3. The number of carbonyl (C=O) groups excluding carboxylic acids is 1. The molecule has 1 aromatic carbocycles. The Labute approximate surface area is 158 Å². The van der Waals surface area contributed by atoms with Crippen molar-refractivity contribution in [1.29, 1.82) is 0 Å². The number of halogens is 2. The van der Waals surface area contributed by atoms with Crippen LogP contribution in [-0.2, 0) is 13.6 Å². The van der Waals surface area contributed by atoms with Crippen LogP contribution in [0.25, 0.3) is 0 Å². The van der Waals surface area contributed by atoms with Crippen molar-refractivity contribution >= 4 is 5.91 Å². The number of rotatable bonds is 5. The molecule has 3 aromatic rings. The number of amides is 1. The van der Waals surface area contributed by atoms with Crippen molar-refractivity contribution in [2.24, 2.45) is 7.05 Å². The maximum atomic E-state index is 14.1. The molecule has 3 rings (SSSR count). The summed E-state index contributed by atoms with van der Waals surface area (Å²) in [4.78, 5) is 27.6. The molecule has 0 spiro atoms. The Kier molecular flexibility index (Phi) is 5.44. The number of ether oxygens (including phenoxy) is 1. The average molecular weight is 386 g/mol. The first-order valence-corrected chi connectivity index (χ1v) is 8.25. The molecule has 0 saturated heterocycles. The zero-order chi connectivity index (χ0) is 20.3. The van der Waals surface area contributed by atoms with Crippen LogP contribution in [0.1, 0.15) is 21.6 Å². The molecule has 0 atom stereocenters. The van der Waals surface area contributed by atoms with Crippen molar-refractivity contribution in [2.75, 3.05) is 0 Å². The second-order valence-corrected chi connectivity index (χ2v) is 5.94. The molecule has 2 heterocycles. The van der Waals surface area contributed by atoms with Crippen LogP contribution in [0.4, 0.5) is 8.78 Å². The van der Waals surface area contributed by atoms with E-state index in [0.29, 0.717) is 5.56 Å². The number of aryl methyl sites for hydroxylation is 2. The molecular weight excluding hydrogens is 370 g/mol. The Bertz CT molecular complexity index is 1100. The minimum absolute atomic E-state index is 0.00247. The molecule has 9 heteroatoms. The van der Waals surface area contributed by atoms with Gasteiger partial charge in [-0.3, -0.25) is 9.59 Å². The van der Waals surface area contributed by atoms with Gasteiger partial charge in [0.1, 0.15) is 5.69 Å². The van der Waals surface area contributed by atoms with Crippen molar-refractivity contribution in [1.82, 2.24) is 20.1 Å². The number of aromatic nitrogens is 3. The summed E-state index contributed by atoms with van der Waals surface area (Å²) < 4.78 is 34.2. The molecule has 0 aliphatic heterocycles. The molecule has 1 amide bonds. The summed E-state index contributed by atoms with van der Waals surface area (Å²) in [7, 11) is 1.43. The molecule has 0 fully saturated rings. The van der Waals surface area contributed by atoms with E-state index >= 15 is 0 Å². The fraction of sp³-hybridized carbons (Fsp3) is 0.158. The minimum atomic E-state index is -1.12. The van der Waals surface area contributed by atoms with Crippen LogP contribution in [0.2, 0.25) is 0 Å². The van der Waals surface area contributed by atoms with E-state index < -0.39 is 17.5 Å². The molecule has 0 saturated carbocycles. The van der Waals surface area contributed by atoms with Crippen LogP contribution < -0.4 is 15.6 Å². The largest absolute Gasteiger partial charge is 0.435 e. The van der Waals surface area contributed by atoms with Gasteiger partial charge < -0.3 is 10.1 Å². The molecule has 7 nitrogen and oxygen atoms in total. The topological polar surface area (TPSA) is 86.1 Å². The third-order valence-electron chi connectivity index (χ3n) is 3.93. The molecule has 0 bridgehead atoms. The van der Waals surface area contributed by atoms with Crippen LogP contribution in [0.15, 0.2) is 47.4 Å². The minimum Gasteiger partial charge on any atom is -0.435 e. The Morgan fingerprint density at radius 3 is 2.71 bits per heavy atom. The summed E-state index contributed by atoms with van der Waals surface area (Å²) in [6, 6.07) is 8.48. The van der Waals surface area contributed by atoms with Gasteiger partial charge >= 0.3 is 0 Å². The van der Waals surface area contributed by atoms with Gasteiger partial charge in [-0.15, -0.1) is 0 Å². The van der Waals surface area contributed by atoms with E-state index in [2.05, 4.69) is 15.4 Å². The number of nitrogens with one attached hydrogen (secondary N) is 1. The number of pyridine rings is 1. The number of carbonyl (C=O) groups is 1. The van der Waals surface area contributed by atoms with Crippen LogP contribution in [0.5, 0.6) is 11.6 Å². The highest BCUT2D eigenvalue weighted by atomic mass is 19.2. The quantitative estimate of drug-likeness (QED) is 0.728. The van der Waals surface area contributed by atoms with Gasteiger partial charge in [-0.2, -0.15) is 9.49 Å². The van der Waals surface area contributed by atoms with E-state index in [9.17, 15) is 18.4 Å². The Hall–Kier alpha value is -3.62. The van der Waals surface area contributed by atoms with Gasteiger partial charge in [0.05, 0.1) is 0 Å². The monoisotopic (exact) mass is 386 g/mol. The Morgan fingerprint density at radius 2 is 1.96 bits per heavy atom. The molecule has 144 valence electrons. The lowest BCUT2D eigenvalue weighted by Crippen LogP contribution is -2.28. The van der Waals surface area contributed by atoms with Crippen LogP contribution in [-0.4, -0.2) is 20.7 Å². The second kappa shape index (κ2) is 7.95. The highest BCUT2D eigenvalue weighted by Gasteiger charge is 2.16. The van der Waals surface area contributed by atoms with Gasteiger partial charge in [0.25, 0.3) is 11.5 Å². The summed E-state index contributed by atoms with van der Waals surface area (Å²) in [5.74, 6) is -2.91. The molecule has 0 aliphatic carbocycles. The van der Waals surface area contributed by atoms with E-state index in [4.69, 9.17) is 4.74 Å². The van der Waals surface area contributed by atoms with Gasteiger partial charge in [0.15, 0.2) is 11.6 Å². The van der Waals surface area contributed by atoms with Crippen molar-refractivity contribution in [3.8, 4) is 11.6 Å². The summed E-state index contributed by atoms with van der Waals surface area (Å²) in [6.45, 7) is 1.44. The third-order valence-corrected chi connectivity index (χ3v) is 3.93. The highest BCUT2D eigenvalue weighted by Crippen LogP contribution is 2.28. The maximum absolute atomic E-state index is 14.1. The van der Waals surface area contributed by atoms with Gasteiger partial charge in [-0.25, -0.2) is 14.1 Å². The van der Waals surface area contributed by atoms with Crippen LogP contribution in [0, 0.1) is 18.6 Å². The van der Waals surface area contributed by atoms with Crippen LogP contribution >= 0.6 is 0 Å². The zero-order valence-corrected chi connectivity index (χ0v) is 15.1. The first kappa shape index (κ1) is 19.2. The Morgan fingerprint density at radius 1 is 1.18 bits per heavy atom. The van der Waals surface area contributed by atoms with Gasteiger partial charge in [-0.05, 0) is 30.7 Å². The number of hydrogen-bond acceptors (Lipinski definition) is 5. The van der Waals surface area contributed by atoms with Crippen molar-refractivity contribution in [3.05, 3.63) is 81.4 Å². The fourth-order valence-corrected chi connectivity index (χ4v) is 2.35. The van der Waals surface area contributed by atoms with Gasteiger partial charge in [0, 0.05) is 31.4 Å². The molecule has 0 radical (unpaired) electrons. The van der Waals surface area contributed by atoms with E-state index in [0.717, 1.165) is 4.68 Å². The van der Waals surface area contributed by atoms with E-state index in [1.54, 1.807) is 12.1 Å². The zero-order valence-electron chi connectivity index (χ0n) is 15.1. The SMILES string of the molecule is Cc1ccc(Oc2ncccc2CNC(=O)c2ccc(=O)n(C)n2)c(F)c1F. The molecule has 0 unspecified atom stereocenters. The first-order chi connectivity index (χ1) is 13.4. The second-order valence-electron chi connectivity index (χ2n) is 5.94. The fourth-order valence-electron chi connectivity index (χ4n) is 2.35. The Balaban J connectivity index is 1.77. The lowest BCUT2D eigenvalue weighted by atomic mass is 10.2. The maximum Gasteiger partial charge on any atom is 0.271 e. The summed E-state index contributed by atoms with van der Waals surface area (Å²) in [5, 5.41) is 6.48. The average Bonchev–Trinajstić information content (AvgIpc) is 2.69. The summed E-state index contributed by atoms with van der Waals surface area (Å²) >= 11 is 0. The van der Waals surface area contributed by atoms with Gasteiger partial charge in [-0.1, -0.05) is 12.1 Å². The number of nitrogens with zero attached hydrogens (tertiary/aromatic N) is 3. The van der Waals surface area contributed by atoms with Crippen molar-refractivity contribution in [3.63, 3.8) is 0 Å². The smallest absolute Gasteiger partial charge is 0.271 e. The van der Waals surface area contributed by atoms with E-state index in [-0.39, 0.29) is 35.0 Å². The van der Waals surface area contributed by atoms with E-state index in [1.165, 1.54) is 44.4 Å². The predicted octanol–water partition coefficient (Wildman–Crippen LogP) is 2.48. The highest BCUT2D eigenvalue weighted by molar-refractivity contribution is 5.91. The lowest BCUT2D eigenvalue weighted by molar-refractivity contribution is 0.0943. The van der Waals surface area contributed by atoms with Gasteiger partial charge in [0.2, 0.25) is 11.7 Å². The normalized spacial score (nSPS) is 10.6. The third kappa shape index (κ3) is 4.03. The van der Waals surface area contributed by atoms with Crippen LogP contribution in [0.3, 0.4) is 0 Å². The van der Waals surface area contributed by atoms with E-state index in [1.807, 2.05) is 0 Å². The number of hydrogen-bond donors (Lipinski definition) is 1.